The van der Waals surface area contributed by atoms with Crippen molar-refractivity contribution < 1.29 is 70.3 Å². The maximum atomic E-state index is 13.6. The van der Waals surface area contributed by atoms with Gasteiger partial charge in [0.05, 0.1) is 38.3 Å². The van der Waals surface area contributed by atoms with Gasteiger partial charge in [-0.1, -0.05) is 0 Å². The van der Waals surface area contributed by atoms with Gasteiger partial charge in [-0.15, -0.1) is 9.42 Å². The predicted octanol–water partition coefficient (Wildman–Crippen LogP) is 0.147. The number of aliphatic hydroxyl groups excluding tert-OH is 1. The van der Waals surface area contributed by atoms with Crippen LogP contribution in [0.15, 0.2) is 38.0 Å². The number of hydrogen-bond acceptors (Lipinski definition) is 24. The number of hydrogen-bond donors (Lipinski definition) is 7. The van der Waals surface area contributed by atoms with Crippen LogP contribution in [0.2, 0.25) is 0 Å². The predicted molar refractivity (Wildman–Crippen MR) is 208 cm³/mol. The van der Waals surface area contributed by atoms with Crippen molar-refractivity contribution in [3.8, 4) is 0 Å². The molecule has 336 valence electrons. The zero-order valence-electron chi connectivity index (χ0n) is 32.1. The Morgan fingerprint density at radius 1 is 0.619 bits per heavy atom. The molecule has 12 atom stereocenters. The van der Waals surface area contributed by atoms with Crippen LogP contribution in [0.25, 0.3) is 33.5 Å². The van der Waals surface area contributed by atoms with Crippen molar-refractivity contribution in [2.24, 2.45) is 0 Å². The number of imidazole rings is 3. The van der Waals surface area contributed by atoms with Crippen molar-refractivity contribution in [1.82, 2.24) is 58.6 Å². The van der Waals surface area contributed by atoms with Crippen molar-refractivity contribution in [2.45, 2.75) is 74.6 Å². The van der Waals surface area contributed by atoms with E-state index in [9.17, 15) is 33.5 Å². The SMILES string of the molecule is Nc1ncnc2c1ncn2[C@H]1C[C@H](OP(=O)(O)OC[C@H]2O[C@@H](n3cnc4c(N)ncnc43)C[C@@H]2OP(=O)(O)OC[C@H]2O[C@@H](n3cnc4c(N)ncnc43)C[C@@H]2O)[C@@H](CO[P+](=O)O)O1. The van der Waals surface area contributed by atoms with Gasteiger partial charge in [0.1, 0.15) is 91.3 Å². The van der Waals surface area contributed by atoms with E-state index >= 15 is 0 Å². The zero-order valence-corrected chi connectivity index (χ0v) is 34.8. The summed E-state index contributed by atoms with van der Waals surface area (Å²) in [4.78, 5) is 68.2. The summed E-state index contributed by atoms with van der Waals surface area (Å²) in [5.74, 6) is 0.303. The van der Waals surface area contributed by atoms with Gasteiger partial charge in [-0.2, -0.15) is 0 Å². The van der Waals surface area contributed by atoms with E-state index in [4.69, 9.17) is 54.0 Å². The highest BCUT2D eigenvalue weighted by Gasteiger charge is 2.47. The summed E-state index contributed by atoms with van der Waals surface area (Å²) in [6, 6.07) is 0. The quantitative estimate of drug-likeness (QED) is 0.0635. The number of aliphatic hydroxyl groups is 1. The lowest BCUT2D eigenvalue weighted by atomic mass is 10.2. The number of rotatable bonds is 16. The number of phosphoric acid groups is 2. The Kier molecular flexibility index (Phi) is 11.9. The van der Waals surface area contributed by atoms with Crippen LogP contribution in [0.3, 0.4) is 0 Å². The lowest BCUT2D eigenvalue weighted by Crippen LogP contribution is -2.31. The minimum Gasteiger partial charge on any atom is -0.390 e. The number of nitrogen functional groups attached to an aromatic ring is 3. The first kappa shape index (κ1) is 43.4. The Bertz CT molecular complexity index is 2760. The van der Waals surface area contributed by atoms with Gasteiger partial charge >= 0.3 is 23.9 Å². The number of nitrogens with zero attached hydrogens (tertiary/aromatic N) is 12. The Balaban J connectivity index is 0.888. The van der Waals surface area contributed by atoms with Gasteiger partial charge in [-0.25, -0.2) is 54.0 Å². The van der Waals surface area contributed by atoms with E-state index < -0.39 is 99.0 Å². The van der Waals surface area contributed by atoms with E-state index in [1.807, 2.05) is 0 Å². The Labute approximate surface area is 352 Å². The Morgan fingerprint density at radius 2 is 1.00 bits per heavy atom. The molecule has 3 unspecified atom stereocenters. The molecule has 0 radical (unpaired) electrons. The van der Waals surface area contributed by atoms with E-state index in [-0.39, 0.29) is 59.0 Å². The topological polar surface area (TPSA) is 415 Å². The summed E-state index contributed by atoms with van der Waals surface area (Å²) in [5.41, 5.74) is 19.4. The van der Waals surface area contributed by atoms with Gasteiger partial charge in [0, 0.05) is 23.8 Å². The Hall–Kier alpha value is -4.87. The molecule has 0 aromatic carbocycles. The largest absolute Gasteiger partial charge is 0.694 e. The standard InChI is InChI=1S/C30H36N15O15P3/c31-25-22-28(37-7-34-25)43(10-40-22)19-1-13(46)16(56-19)5-54-62(49,50)60-15-3-21(45-12-42-24-27(33)36-9-39-30(24)45)58-18(15)6-55-63(51,52)59-14-2-20(57-17(14)4-53-61(47)48)44-11-41-23-26(32)35-8-38-29(23)44/h7-21,46H,1-6H2,(H8-,31,32,33,34,35,36,37,38,39,47,48,49,50,51,52)/p+1/t13-,14-,15-,16+,17+,18+,19+,20+,21+/m0/s1. The number of fused-ring (bicyclic) bond motifs is 3. The maximum absolute atomic E-state index is 13.6. The second kappa shape index (κ2) is 17.3. The van der Waals surface area contributed by atoms with Crippen molar-refractivity contribution in [2.75, 3.05) is 37.0 Å². The van der Waals surface area contributed by atoms with E-state index in [2.05, 4.69) is 44.9 Å². The minimum atomic E-state index is -5.08. The van der Waals surface area contributed by atoms with E-state index in [1.54, 1.807) is 0 Å². The van der Waals surface area contributed by atoms with Gasteiger partial charge in [-0.3, -0.25) is 31.8 Å². The fourth-order valence-electron chi connectivity index (χ4n) is 7.42. The third-order valence-corrected chi connectivity index (χ3v) is 12.7. The third kappa shape index (κ3) is 8.97. The molecule has 63 heavy (non-hydrogen) atoms. The highest BCUT2D eigenvalue weighted by atomic mass is 31.2. The highest BCUT2D eigenvalue weighted by Crippen LogP contribution is 2.52. The summed E-state index contributed by atoms with van der Waals surface area (Å²) in [7, 11) is -13.2. The molecule has 30 nitrogen and oxygen atoms in total. The van der Waals surface area contributed by atoms with Crippen LogP contribution in [0.5, 0.6) is 0 Å². The van der Waals surface area contributed by atoms with E-state index in [0.29, 0.717) is 11.2 Å². The summed E-state index contributed by atoms with van der Waals surface area (Å²) in [6.45, 7) is -1.90. The molecule has 0 aliphatic carbocycles. The molecule has 10 N–H and O–H groups in total. The van der Waals surface area contributed by atoms with Crippen LogP contribution in [0, 0.1) is 0 Å². The molecule has 6 aromatic rings. The molecule has 3 aliphatic rings. The van der Waals surface area contributed by atoms with Gasteiger partial charge in [0.25, 0.3) is 0 Å². The monoisotopic (exact) mass is 940 g/mol. The first-order chi connectivity index (χ1) is 30.1. The lowest BCUT2D eigenvalue weighted by Gasteiger charge is -2.24. The molecule has 3 saturated heterocycles. The maximum Gasteiger partial charge on any atom is 0.694 e. The minimum absolute atomic E-state index is 0.0427. The number of nitrogens with two attached hydrogens (primary N) is 3. The normalized spacial score (nSPS) is 28.6. The molecule has 9 heterocycles. The van der Waals surface area contributed by atoms with E-state index in [1.165, 1.54) is 51.7 Å². The smallest absolute Gasteiger partial charge is 0.390 e. The second-order valence-corrected chi connectivity index (χ2v) is 17.8. The number of anilines is 3. The fourth-order valence-corrected chi connectivity index (χ4v) is 9.61. The van der Waals surface area contributed by atoms with Crippen LogP contribution < -0.4 is 17.2 Å². The first-order valence-corrected chi connectivity index (χ1v) is 22.8. The summed E-state index contributed by atoms with van der Waals surface area (Å²) >= 11 is 0. The van der Waals surface area contributed by atoms with Crippen LogP contribution in [0.4, 0.5) is 17.5 Å². The summed E-state index contributed by atoms with van der Waals surface area (Å²) < 4.78 is 87.7. The summed E-state index contributed by atoms with van der Waals surface area (Å²) in [5, 5.41) is 10.8. The van der Waals surface area contributed by atoms with E-state index in [0.717, 1.165) is 0 Å². The molecule has 3 aliphatic heterocycles. The average Bonchev–Trinajstić information content (AvgIpc) is 4.09. The van der Waals surface area contributed by atoms with Crippen molar-refractivity contribution >= 4 is 74.8 Å². The number of aromatic nitrogens is 12. The van der Waals surface area contributed by atoms with Crippen LogP contribution in [-0.4, -0.2) is 135 Å². The van der Waals surface area contributed by atoms with Gasteiger partial charge in [0.15, 0.2) is 34.4 Å². The van der Waals surface area contributed by atoms with Gasteiger partial charge < -0.3 is 46.3 Å². The number of ether oxygens (including phenoxy) is 3. The van der Waals surface area contributed by atoms with Crippen molar-refractivity contribution in [1.29, 1.82) is 0 Å². The second-order valence-electron chi connectivity index (χ2n) is 14.3. The molecule has 3 fully saturated rings. The molecule has 0 spiro atoms. The molecular formula is C30H37N15O15P3+. The van der Waals surface area contributed by atoms with Crippen LogP contribution in [-0.2, 0) is 50.5 Å². The van der Waals surface area contributed by atoms with Crippen molar-refractivity contribution in [3.05, 3.63) is 38.0 Å². The molecule has 33 heteroatoms. The molecule has 0 amide bonds. The van der Waals surface area contributed by atoms with Crippen LogP contribution in [0.1, 0.15) is 37.9 Å². The van der Waals surface area contributed by atoms with Crippen LogP contribution >= 0.6 is 23.9 Å². The fraction of sp³-hybridized carbons (Fsp3) is 0.500. The van der Waals surface area contributed by atoms with Gasteiger partial charge in [0.2, 0.25) is 0 Å². The van der Waals surface area contributed by atoms with Gasteiger partial charge in [-0.05, 0) is 0 Å². The third-order valence-electron chi connectivity index (χ3n) is 10.3. The highest BCUT2D eigenvalue weighted by molar-refractivity contribution is 7.47. The molecule has 0 saturated carbocycles. The summed E-state index contributed by atoms with van der Waals surface area (Å²) in [6.07, 6.45) is -2.66. The molecule has 9 rings (SSSR count). The first-order valence-electron chi connectivity index (χ1n) is 18.7. The molecule has 6 aromatic heterocycles. The average molecular weight is 941 g/mol. The molecular weight excluding hydrogens is 903 g/mol. The van der Waals surface area contributed by atoms with Crippen molar-refractivity contribution in [3.63, 3.8) is 0 Å². The molecule has 0 bridgehead atoms. The number of phosphoric ester groups is 2. The Morgan fingerprint density at radius 3 is 1.43 bits per heavy atom. The zero-order chi connectivity index (χ0) is 44.2. The lowest BCUT2D eigenvalue weighted by molar-refractivity contribution is -0.0591.